The van der Waals surface area contributed by atoms with Crippen molar-refractivity contribution in [3.05, 3.63) is 29.3 Å². The lowest BCUT2D eigenvalue weighted by atomic mass is 9.49. The molecular weight excluding hydrogens is 396 g/mol. The maximum atomic E-state index is 6.29. The van der Waals surface area contributed by atoms with Crippen molar-refractivity contribution >= 4 is 17.3 Å². The van der Waals surface area contributed by atoms with Crippen molar-refractivity contribution in [2.75, 3.05) is 38.3 Å². The lowest BCUT2D eigenvalue weighted by Gasteiger charge is -2.59. The van der Waals surface area contributed by atoms with Crippen LogP contribution in [0.1, 0.15) is 51.4 Å². The van der Waals surface area contributed by atoms with Crippen molar-refractivity contribution in [3.8, 4) is 0 Å². The van der Waals surface area contributed by atoms with Gasteiger partial charge >= 0.3 is 0 Å². The Morgan fingerprint density at radius 1 is 1.17 bits per heavy atom. The standard InChI is InChI=1S/C24H35ClN4O/c25-21-2-1-3-22(13-21)27-29(28-8-9-30-17-24(28)4-6-26-24)7-5-23-14-18-10-19(15-23)12-20(11-18)16-23/h1-3,13,18-20,26-27H,4-12,14-17H2. The van der Waals surface area contributed by atoms with Gasteiger partial charge in [-0.1, -0.05) is 17.7 Å². The van der Waals surface area contributed by atoms with E-state index in [1.165, 1.54) is 44.9 Å². The number of ether oxygens (including phenoxy) is 1. The third-order valence-corrected chi connectivity index (χ3v) is 8.90. The lowest BCUT2D eigenvalue weighted by Crippen LogP contribution is -2.76. The zero-order valence-electron chi connectivity index (χ0n) is 17.9. The van der Waals surface area contributed by atoms with Gasteiger partial charge in [0.05, 0.1) is 18.9 Å². The number of hydrogen-bond donors (Lipinski definition) is 2. The number of rotatable bonds is 6. The number of morpholine rings is 1. The summed E-state index contributed by atoms with van der Waals surface area (Å²) in [4.78, 5) is 0. The highest BCUT2D eigenvalue weighted by molar-refractivity contribution is 6.30. The molecule has 5 nitrogen and oxygen atoms in total. The Morgan fingerprint density at radius 2 is 1.90 bits per heavy atom. The van der Waals surface area contributed by atoms with Gasteiger partial charge in [-0.05, 0) is 92.7 Å². The van der Waals surface area contributed by atoms with Crippen LogP contribution in [0.3, 0.4) is 0 Å². The zero-order valence-corrected chi connectivity index (χ0v) is 18.7. The molecular formula is C24H35ClN4O. The topological polar surface area (TPSA) is 39.8 Å². The monoisotopic (exact) mass is 430 g/mol. The van der Waals surface area contributed by atoms with Gasteiger partial charge < -0.3 is 10.2 Å². The fourth-order valence-corrected chi connectivity index (χ4v) is 7.86. The van der Waals surface area contributed by atoms with E-state index in [0.29, 0.717) is 5.41 Å². The molecule has 2 N–H and O–H groups in total. The first-order chi connectivity index (χ1) is 14.6. The molecule has 1 spiro atoms. The van der Waals surface area contributed by atoms with Crippen LogP contribution in [0.4, 0.5) is 5.69 Å². The van der Waals surface area contributed by atoms with Gasteiger partial charge in [0.15, 0.2) is 0 Å². The minimum Gasteiger partial charge on any atom is -0.377 e. The minimum absolute atomic E-state index is 0.0503. The van der Waals surface area contributed by atoms with Gasteiger partial charge in [-0.2, -0.15) is 10.1 Å². The molecule has 6 heteroatoms. The molecule has 164 valence electrons. The summed E-state index contributed by atoms with van der Waals surface area (Å²) in [5, 5.41) is 9.37. The van der Waals surface area contributed by atoms with Gasteiger partial charge in [-0.25, -0.2) is 0 Å². The Hall–Kier alpha value is -0.850. The number of hydrazine groups is 2. The molecule has 1 aromatic rings. The van der Waals surface area contributed by atoms with Crippen molar-refractivity contribution in [2.24, 2.45) is 23.2 Å². The van der Waals surface area contributed by atoms with Crippen molar-refractivity contribution in [2.45, 2.75) is 57.0 Å². The van der Waals surface area contributed by atoms with Gasteiger partial charge in [-0.15, -0.1) is 0 Å². The Balaban J connectivity index is 1.22. The lowest BCUT2D eigenvalue weighted by molar-refractivity contribution is -0.209. The second-order valence-corrected chi connectivity index (χ2v) is 11.2. The van der Waals surface area contributed by atoms with Gasteiger partial charge in [0.1, 0.15) is 5.66 Å². The van der Waals surface area contributed by atoms with Crippen LogP contribution in [0.15, 0.2) is 24.3 Å². The molecule has 6 fully saturated rings. The van der Waals surface area contributed by atoms with E-state index in [2.05, 4.69) is 26.9 Å². The molecule has 4 aliphatic carbocycles. The number of hydrogen-bond acceptors (Lipinski definition) is 5. The Morgan fingerprint density at radius 3 is 2.53 bits per heavy atom. The van der Waals surface area contributed by atoms with Crippen LogP contribution in [-0.2, 0) is 4.74 Å². The molecule has 2 saturated heterocycles. The summed E-state index contributed by atoms with van der Waals surface area (Å²) in [6.45, 7) is 4.58. The molecule has 2 heterocycles. The molecule has 0 radical (unpaired) electrons. The SMILES string of the molecule is Clc1cccc(NN(CCC23CC4CC(CC(C4)C2)C3)N2CCOCC23CCN3)c1. The van der Waals surface area contributed by atoms with Gasteiger partial charge in [-0.3, -0.25) is 5.32 Å². The van der Waals surface area contributed by atoms with Crippen molar-refractivity contribution in [3.63, 3.8) is 0 Å². The number of halogens is 1. The van der Waals surface area contributed by atoms with Gasteiger partial charge in [0.2, 0.25) is 0 Å². The maximum Gasteiger partial charge on any atom is 0.111 e. The molecule has 30 heavy (non-hydrogen) atoms. The molecule has 2 aliphatic heterocycles. The maximum absolute atomic E-state index is 6.29. The molecule has 7 rings (SSSR count). The summed E-state index contributed by atoms with van der Waals surface area (Å²) in [6.07, 6.45) is 11.4. The fourth-order valence-electron chi connectivity index (χ4n) is 7.67. The van der Waals surface area contributed by atoms with E-state index < -0.39 is 0 Å². The third kappa shape index (κ3) is 3.57. The van der Waals surface area contributed by atoms with E-state index in [4.69, 9.17) is 16.3 Å². The summed E-state index contributed by atoms with van der Waals surface area (Å²) in [6, 6.07) is 8.11. The molecule has 0 amide bonds. The molecule has 1 unspecified atom stereocenters. The second kappa shape index (κ2) is 7.63. The van der Waals surface area contributed by atoms with Gasteiger partial charge in [0.25, 0.3) is 0 Å². The smallest absolute Gasteiger partial charge is 0.111 e. The number of nitrogens with one attached hydrogen (secondary N) is 2. The molecule has 4 bridgehead atoms. The molecule has 0 aromatic heterocycles. The van der Waals surface area contributed by atoms with Crippen LogP contribution in [-0.4, -0.2) is 48.6 Å². The normalized spacial score (nSPS) is 40.1. The average Bonchev–Trinajstić information content (AvgIpc) is 2.69. The number of anilines is 1. The summed E-state index contributed by atoms with van der Waals surface area (Å²) in [5.41, 5.74) is 5.32. The van der Waals surface area contributed by atoms with Gasteiger partial charge in [0, 0.05) is 24.7 Å². The predicted octanol–water partition coefficient (Wildman–Crippen LogP) is 4.51. The highest BCUT2D eigenvalue weighted by Gasteiger charge is 2.52. The predicted molar refractivity (Wildman–Crippen MR) is 120 cm³/mol. The fraction of sp³-hybridized carbons (Fsp3) is 0.750. The average molecular weight is 431 g/mol. The Labute approximate surface area is 185 Å². The number of benzene rings is 1. The van der Waals surface area contributed by atoms with Crippen molar-refractivity contribution in [1.29, 1.82) is 0 Å². The molecule has 6 aliphatic rings. The van der Waals surface area contributed by atoms with Crippen molar-refractivity contribution < 1.29 is 4.74 Å². The molecule has 1 atom stereocenters. The third-order valence-electron chi connectivity index (χ3n) is 8.67. The molecule has 1 aromatic carbocycles. The van der Waals surface area contributed by atoms with E-state index in [0.717, 1.165) is 67.7 Å². The largest absolute Gasteiger partial charge is 0.377 e. The van der Waals surface area contributed by atoms with E-state index >= 15 is 0 Å². The minimum atomic E-state index is -0.0503. The quantitative estimate of drug-likeness (QED) is 0.649. The highest BCUT2D eigenvalue weighted by Crippen LogP contribution is 2.61. The van der Waals surface area contributed by atoms with Crippen LogP contribution in [0.5, 0.6) is 0 Å². The van der Waals surface area contributed by atoms with Crippen molar-refractivity contribution in [1.82, 2.24) is 15.4 Å². The summed E-state index contributed by atoms with van der Waals surface area (Å²) in [7, 11) is 0. The summed E-state index contributed by atoms with van der Waals surface area (Å²) >= 11 is 6.29. The molecule has 4 saturated carbocycles. The first-order valence-electron chi connectivity index (χ1n) is 12.0. The summed E-state index contributed by atoms with van der Waals surface area (Å²) < 4.78 is 5.88. The number of nitrogens with zero attached hydrogens (tertiary/aromatic N) is 2. The van der Waals surface area contributed by atoms with E-state index in [1.54, 1.807) is 0 Å². The van der Waals surface area contributed by atoms with Crippen LogP contribution >= 0.6 is 11.6 Å². The van der Waals surface area contributed by atoms with Crippen LogP contribution in [0, 0.1) is 23.2 Å². The zero-order chi connectivity index (χ0) is 20.2. The first kappa shape index (κ1) is 19.8. The second-order valence-electron chi connectivity index (χ2n) is 10.8. The summed E-state index contributed by atoms with van der Waals surface area (Å²) in [5.74, 6) is 3.02. The van der Waals surface area contributed by atoms with E-state index in [1.807, 2.05) is 18.2 Å². The first-order valence-corrected chi connectivity index (χ1v) is 12.4. The van der Waals surface area contributed by atoms with Crippen LogP contribution in [0.25, 0.3) is 0 Å². The van der Waals surface area contributed by atoms with Crippen LogP contribution < -0.4 is 10.7 Å². The van der Waals surface area contributed by atoms with E-state index in [9.17, 15) is 0 Å². The Kier molecular flexibility index (Phi) is 5.04. The highest BCUT2D eigenvalue weighted by atomic mass is 35.5. The van der Waals surface area contributed by atoms with E-state index in [-0.39, 0.29) is 5.66 Å². The van der Waals surface area contributed by atoms with Crippen LogP contribution in [0.2, 0.25) is 5.02 Å². The Bertz CT molecular complexity index is 747.